The Kier molecular flexibility index (Phi) is 24.4. The van der Waals surface area contributed by atoms with Gasteiger partial charge in [0.25, 0.3) is 23.6 Å². The van der Waals surface area contributed by atoms with Crippen molar-refractivity contribution in [1.29, 1.82) is 5.41 Å². The molecule has 0 aliphatic carbocycles. The van der Waals surface area contributed by atoms with Crippen LogP contribution in [-0.2, 0) is 52.7 Å². The lowest BCUT2D eigenvalue weighted by atomic mass is 10.0. The Labute approximate surface area is 610 Å². The lowest BCUT2D eigenvalue weighted by molar-refractivity contribution is -0.141. The lowest BCUT2D eigenvalue weighted by Crippen LogP contribution is -2.60. The summed E-state index contributed by atoms with van der Waals surface area (Å²) in [7, 11) is 0. The average Bonchev–Trinajstić information content (AvgIpc) is 1.71. The second kappa shape index (κ2) is 33.1. The number of carbonyl (C=O) groups is 12. The number of amides is 11. The number of pyridine rings is 1. The van der Waals surface area contributed by atoms with Gasteiger partial charge in [0.2, 0.25) is 41.4 Å². The number of hydrogen-bond acceptors (Lipinski definition) is 27. The molecule has 41 heteroatoms. The van der Waals surface area contributed by atoms with Crippen LogP contribution in [0, 0.1) is 5.41 Å². The monoisotopic (exact) mass is 1530 g/mol. The first-order chi connectivity index (χ1) is 48.7. The zero-order valence-electron chi connectivity index (χ0n) is 54.8. The highest BCUT2D eigenvalue weighted by Crippen LogP contribution is 2.35. The number of nitrogens with zero attached hydrogens (tertiary/aromatic N) is 8. The molecule has 4 aromatic heterocycles. The van der Waals surface area contributed by atoms with E-state index < -0.39 is 155 Å². The van der Waals surface area contributed by atoms with Crippen LogP contribution in [0.2, 0.25) is 0 Å². The smallest absolute Gasteiger partial charge is 0.327 e. The van der Waals surface area contributed by atoms with Crippen LogP contribution in [0.1, 0.15) is 98.3 Å². The fourth-order valence-corrected chi connectivity index (χ4v) is 17.5. The van der Waals surface area contributed by atoms with E-state index in [4.69, 9.17) is 36.8 Å². The van der Waals surface area contributed by atoms with Gasteiger partial charge in [-0.15, -0.1) is 81.1 Å². The summed E-state index contributed by atoms with van der Waals surface area (Å²) in [5.41, 5.74) is 12.2. The van der Waals surface area contributed by atoms with Crippen LogP contribution in [0.15, 0.2) is 73.4 Å². The third-order valence-corrected chi connectivity index (χ3v) is 23.4. The van der Waals surface area contributed by atoms with Crippen molar-refractivity contribution in [2.24, 2.45) is 26.4 Å². The number of carboxylic acids is 1. The fraction of sp³-hybridized carbons (Fsp3) is 0.410. The van der Waals surface area contributed by atoms with Crippen molar-refractivity contribution in [1.82, 2.24) is 78.0 Å². The minimum absolute atomic E-state index is 0.000233. The number of rotatable bonds is 7. The average molecular weight is 1530 g/mol. The number of hydrogen-bond donors (Lipinski definition) is 14. The molecule has 34 nitrogen and oxygen atoms in total. The number of aliphatic imine (C=N–C) groups is 3. The van der Waals surface area contributed by atoms with Crippen molar-refractivity contribution in [3.63, 3.8) is 0 Å². The van der Waals surface area contributed by atoms with E-state index in [0.29, 0.717) is 60.4 Å². The minimum atomic E-state index is -2.31. The number of carboxylic acid groups (broad SMARTS) is 1. The largest absolute Gasteiger partial charge is 0.480 e. The van der Waals surface area contributed by atoms with E-state index in [2.05, 4.69) is 74.7 Å². The molecule has 4 aromatic rings. The summed E-state index contributed by atoms with van der Waals surface area (Å²) < 4.78 is 0. The molecule has 11 amide bonds. The molecule has 0 aromatic carbocycles. The van der Waals surface area contributed by atoms with Crippen molar-refractivity contribution in [3.8, 4) is 21.4 Å². The van der Waals surface area contributed by atoms with Gasteiger partial charge >= 0.3 is 5.97 Å². The van der Waals surface area contributed by atoms with Crippen molar-refractivity contribution in [2.75, 3.05) is 42.6 Å². The number of nitrogens with one attached hydrogen (secondary N) is 11. The molecule has 9 atom stereocenters. The number of aliphatic carboxylic acids is 1. The van der Waals surface area contributed by atoms with E-state index >= 15 is 4.79 Å². The first kappa shape index (κ1) is 75.2. The lowest BCUT2D eigenvalue weighted by Gasteiger charge is -2.32. The van der Waals surface area contributed by atoms with E-state index in [1.54, 1.807) is 23.1 Å². The Balaban J connectivity index is 1.05. The number of guanidine groups is 1. The summed E-state index contributed by atoms with van der Waals surface area (Å²) in [6.45, 7) is 8.94. The SMILES string of the molecule is C=C1NC(=O)[C@H]2CSC(=N2)c2csc(n2)-c2ccc3c(n2)[C@H](C)NC(=O)[C@@H]2CCCN2C(=O)/C(=C/C)NC(=O)CNC(=O)[C@H](CCCNC(=N)N)NC(=O)[C@](C)(NC(=O)/C(=C/C)NC(=O)[C@@H]2CSC(=N2)[C@H](CC(N)=O)NC3=O)SC[C@@H](C(=O)O)NC(=O)[C@H]2CSC(=N2)c2csc(n2)-c2csc1n2. The zero-order valence-corrected chi connectivity index (χ0v) is 60.5. The van der Waals surface area contributed by atoms with Crippen LogP contribution in [-0.4, -0.2) is 212 Å². The van der Waals surface area contributed by atoms with Crippen LogP contribution in [0.4, 0.5) is 0 Å². The third kappa shape index (κ3) is 18.1. The van der Waals surface area contributed by atoms with E-state index in [-0.39, 0.29) is 83.0 Å². The molecule has 1 fully saturated rings. The molecular weight excluding hydrogens is 1460 g/mol. The number of primary amides is 1. The van der Waals surface area contributed by atoms with Crippen LogP contribution >= 0.6 is 81.1 Å². The minimum Gasteiger partial charge on any atom is -0.480 e. The van der Waals surface area contributed by atoms with Gasteiger partial charge in [-0.05, 0) is 65.5 Å². The van der Waals surface area contributed by atoms with Crippen molar-refractivity contribution >= 4 is 179 Å². The van der Waals surface area contributed by atoms with Gasteiger partial charge in [0.1, 0.15) is 89.8 Å². The number of nitrogens with two attached hydrogens (primary N) is 2. The van der Waals surface area contributed by atoms with E-state index in [9.17, 15) is 57.8 Å². The van der Waals surface area contributed by atoms with Crippen LogP contribution in [0.5, 0.6) is 0 Å². The molecule has 16 bridgehead atoms. The maximum absolute atomic E-state index is 15.0. The first-order valence-corrected chi connectivity index (χ1v) is 38.1. The van der Waals surface area contributed by atoms with Gasteiger partial charge < -0.3 is 74.6 Å². The Morgan fingerprint density at radius 1 is 0.716 bits per heavy atom. The quantitative estimate of drug-likeness (QED) is 0.0502. The van der Waals surface area contributed by atoms with Crippen LogP contribution in [0.3, 0.4) is 0 Å². The zero-order chi connectivity index (χ0) is 73.3. The number of thioether (sulfide) groups is 4. The van der Waals surface area contributed by atoms with Crippen molar-refractivity contribution in [3.05, 3.63) is 86.1 Å². The van der Waals surface area contributed by atoms with Gasteiger partial charge in [-0.1, -0.05) is 18.7 Å². The third-order valence-electron chi connectivity index (χ3n) is 16.1. The number of allylic oxidation sites excluding steroid dienone is 2. The van der Waals surface area contributed by atoms with Gasteiger partial charge in [0.15, 0.2) is 10.8 Å². The summed E-state index contributed by atoms with van der Waals surface area (Å²) >= 11 is 7.63. The fourth-order valence-electron chi connectivity index (χ4n) is 10.8. The molecule has 0 spiro atoms. The van der Waals surface area contributed by atoms with E-state index in [0.717, 1.165) is 11.8 Å². The Hall–Kier alpha value is -9.42. The van der Waals surface area contributed by atoms with Gasteiger partial charge in [-0.2, -0.15) is 0 Å². The summed E-state index contributed by atoms with van der Waals surface area (Å²) in [6.07, 6.45) is 2.32. The van der Waals surface area contributed by atoms with Crippen LogP contribution < -0.4 is 64.6 Å². The number of carbonyl (C=O) groups excluding carboxylic acids is 11. The maximum atomic E-state index is 15.0. The highest BCUT2D eigenvalue weighted by Gasteiger charge is 2.43. The highest BCUT2D eigenvalue weighted by atomic mass is 32.2. The Morgan fingerprint density at radius 3 is 2.01 bits per heavy atom. The predicted molar refractivity (Wildman–Crippen MR) is 388 cm³/mol. The summed E-state index contributed by atoms with van der Waals surface area (Å²) in [5.74, 6) is -11.8. The summed E-state index contributed by atoms with van der Waals surface area (Å²) in [4.78, 5) is 201. The normalized spacial score (nSPS) is 26.1. The molecule has 1 saturated heterocycles. The summed E-state index contributed by atoms with van der Waals surface area (Å²) in [6, 6.07) is -7.15. The van der Waals surface area contributed by atoms with Crippen molar-refractivity contribution < 1.29 is 62.6 Å². The summed E-state index contributed by atoms with van der Waals surface area (Å²) in [5, 5.41) is 51.8. The van der Waals surface area contributed by atoms with E-state index in [1.165, 1.54) is 107 Å². The molecule has 0 radical (unpaired) electrons. The topological polar surface area (TPSA) is 513 Å². The Bertz CT molecular complexity index is 4280. The molecule has 102 heavy (non-hydrogen) atoms. The van der Waals surface area contributed by atoms with Gasteiger partial charge in [0, 0.05) is 52.2 Å². The number of aromatic nitrogens is 4. The number of fused-ring (bicyclic) bond motifs is 8. The molecule has 538 valence electrons. The molecule has 7 aliphatic rings. The first-order valence-electron chi connectivity index (χ1n) is 31.5. The molecule has 0 unspecified atom stereocenters. The van der Waals surface area contributed by atoms with Crippen LogP contribution in [0.25, 0.3) is 27.1 Å². The maximum Gasteiger partial charge on any atom is 0.327 e. The Morgan fingerprint density at radius 2 is 1.34 bits per heavy atom. The predicted octanol–water partition coefficient (Wildman–Crippen LogP) is 0.0186. The molecule has 0 saturated carbocycles. The molecule has 11 rings (SSSR count). The second-order valence-corrected chi connectivity index (χ2v) is 30.5. The highest BCUT2D eigenvalue weighted by molar-refractivity contribution is 8.15. The van der Waals surface area contributed by atoms with E-state index in [1.807, 2.05) is 0 Å². The molecule has 11 heterocycles. The molecule has 16 N–H and O–H groups in total. The van der Waals surface area contributed by atoms with Crippen molar-refractivity contribution in [2.45, 2.75) is 113 Å². The second-order valence-electron chi connectivity index (χ2n) is 23.5. The molecule has 7 aliphatic heterocycles. The molecular formula is C61H69N21O13S7. The van der Waals surface area contributed by atoms with Gasteiger partial charge in [0.05, 0.1) is 52.7 Å². The van der Waals surface area contributed by atoms with Gasteiger partial charge in [-0.25, -0.2) is 24.7 Å². The van der Waals surface area contributed by atoms with Gasteiger partial charge in [-0.3, -0.25) is 73.1 Å². The number of thiazole rings is 3. The standard InChI is InChI=1S/C61H69N21O13S7/c1-6-28-49(90)81-61(5)59(95)80-30(10-8-14-65-60(63)64)45(86)66-17-42(84)69-29(7-2)57(92)82-15-9-11-40(82)50(91)67-25(3)43-27(44(85)72-32(16-41(62)83)53-74-34(19-97-53)47(88)71-28)12-13-31(70-43)52-78-37(22-100-52)54-75-33(18-98-54)46(87)68-26(4)51-77-36(21-96-51)56-79-38(23-101-56)55-76-35(20-99-55)48(89)73-39(24-102-61)58(93)94/h6-7,12-13,21-23,25,30,32-35,39-40H,4,8-11,14-20,24H2,1-3,5H3,(H2,62,83)(H,66,86)(H,67,91)(H,68,87)(H,69,84)(H,71,88)(H,72,85)(H,73,89)(H,80,95)(H,81,90)(H,93,94)(H4,63,64,65)/b28-6-,29-7-/t25-,30-,32-,33+,34-,35+,39-,40-,61+/m0/s1.